The number of carbonyl (C=O) groups is 1. The molecule has 1 fully saturated rings. The summed E-state index contributed by atoms with van der Waals surface area (Å²) in [7, 11) is 1.66. The zero-order valence-corrected chi connectivity index (χ0v) is 16.7. The number of nitrogens with zero attached hydrogens (tertiary/aromatic N) is 1. The Kier molecular flexibility index (Phi) is 4.89. The zero-order chi connectivity index (χ0) is 20.5. The number of fused-ring (bicyclic) bond motifs is 1. The van der Waals surface area contributed by atoms with E-state index in [1.54, 1.807) is 33.1 Å². The summed E-state index contributed by atoms with van der Waals surface area (Å²) in [4.78, 5) is 15.2. The van der Waals surface area contributed by atoms with Gasteiger partial charge in [0.1, 0.15) is 11.8 Å². The first-order valence-electron chi connectivity index (χ1n) is 9.72. The fourth-order valence-corrected chi connectivity index (χ4v) is 3.58. The van der Waals surface area contributed by atoms with Crippen LogP contribution in [-0.4, -0.2) is 24.3 Å². The van der Waals surface area contributed by atoms with Crippen LogP contribution >= 0.6 is 0 Å². The Morgan fingerprint density at radius 1 is 1.24 bits per heavy atom. The largest absolute Gasteiger partial charge is 0.497 e. The van der Waals surface area contributed by atoms with E-state index in [0.717, 1.165) is 40.8 Å². The molecule has 0 saturated heterocycles. The van der Waals surface area contributed by atoms with Gasteiger partial charge < -0.3 is 14.5 Å². The molecule has 0 spiro atoms. The second-order valence-electron chi connectivity index (χ2n) is 7.56. The molecule has 3 aromatic rings. The predicted octanol–water partition coefficient (Wildman–Crippen LogP) is 5.55. The summed E-state index contributed by atoms with van der Waals surface area (Å²) in [6.45, 7) is 3.60. The van der Waals surface area contributed by atoms with Crippen molar-refractivity contribution in [2.24, 2.45) is 0 Å². The van der Waals surface area contributed by atoms with Crippen molar-refractivity contribution in [2.75, 3.05) is 12.4 Å². The van der Waals surface area contributed by atoms with Gasteiger partial charge in [-0.05, 0) is 61.9 Å². The molecule has 29 heavy (non-hydrogen) atoms. The number of hydrogen-bond donors (Lipinski definition) is 2. The van der Waals surface area contributed by atoms with Crippen molar-refractivity contribution in [3.63, 3.8) is 0 Å². The molecule has 0 atom stereocenters. The summed E-state index contributed by atoms with van der Waals surface area (Å²) >= 11 is 0. The number of hydrogen-bond acceptors (Lipinski definition) is 4. The van der Waals surface area contributed by atoms with Crippen LogP contribution in [0.5, 0.6) is 5.75 Å². The number of aromatic amines is 1. The normalized spacial score (nSPS) is 13.3. The average Bonchev–Trinajstić information content (AvgIpc) is 3.47. The third-order valence-electron chi connectivity index (χ3n) is 5.03. The molecule has 0 bridgehead atoms. The lowest BCUT2D eigenvalue weighted by molar-refractivity contribution is 0.130. The quantitative estimate of drug-likeness (QED) is 0.599. The first-order chi connectivity index (χ1) is 14.0. The van der Waals surface area contributed by atoms with Crippen LogP contribution < -0.4 is 10.1 Å². The molecular formula is C23H23N3O3. The van der Waals surface area contributed by atoms with Crippen molar-refractivity contribution < 1.29 is 14.3 Å². The van der Waals surface area contributed by atoms with Crippen molar-refractivity contribution in [1.82, 2.24) is 4.98 Å². The highest BCUT2D eigenvalue weighted by molar-refractivity contribution is 5.97. The Bertz CT molecular complexity index is 1100. The second-order valence-corrected chi connectivity index (χ2v) is 7.56. The SMILES string of the molecule is COc1cc(C2CC2)c2c(C#N)c(-c3ccc(NC(=O)OC(C)C)cc3)[nH]c2c1. The van der Waals surface area contributed by atoms with Crippen molar-refractivity contribution in [3.05, 3.63) is 47.5 Å². The lowest BCUT2D eigenvalue weighted by Gasteiger charge is -2.09. The lowest BCUT2D eigenvalue weighted by atomic mass is 9.99. The number of anilines is 1. The van der Waals surface area contributed by atoms with Gasteiger partial charge in [0.05, 0.1) is 30.0 Å². The molecule has 1 heterocycles. The van der Waals surface area contributed by atoms with E-state index in [1.807, 2.05) is 24.3 Å². The smallest absolute Gasteiger partial charge is 0.411 e. The summed E-state index contributed by atoms with van der Waals surface area (Å²) in [6.07, 6.45) is 1.61. The maximum atomic E-state index is 11.8. The maximum Gasteiger partial charge on any atom is 0.411 e. The number of benzene rings is 2. The molecule has 2 N–H and O–H groups in total. The van der Waals surface area contributed by atoms with E-state index in [0.29, 0.717) is 17.2 Å². The van der Waals surface area contributed by atoms with Gasteiger partial charge in [0.15, 0.2) is 0 Å². The van der Waals surface area contributed by atoms with E-state index in [9.17, 15) is 10.1 Å². The van der Waals surface area contributed by atoms with E-state index in [-0.39, 0.29) is 6.10 Å². The molecule has 1 aliphatic carbocycles. The van der Waals surface area contributed by atoms with Crippen LogP contribution in [0.3, 0.4) is 0 Å². The number of amides is 1. The molecule has 1 aromatic heterocycles. The molecule has 1 aliphatic rings. The van der Waals surface area contributed by atoms with Crippen molar-refractivity contribution in [1.29, 1.82) is 5.26 Å². The van der Waals surface area contributed by atoms with Gasteiger partial charge in [0.2, 0.25) is 0 Å². The topological polar surface area (TPSA) is 87.1 Å². The number of methoxy groups -OCH3 is 1. The standard InChI is InChI=1S/C23H23N3O3/c1-13(2)29-23(27)25-16-8-6-15(7-9-16)22-19(12-24)21-18(14-4-5-14)10-17(28-3)11-20(21)26-22/h6-11,13-14,26H,4-5H2,1-3H3,(H,25,27). The fourth-order valence-electron chi connectivity index (χ4n) is 3.58. The van der Waals surface area contributed by atoms with Crippen molar-refractivity contribution in [2.45, 2.75) is 38.7 Å². The molecular weight excluding hydrogens is 366 g/mol. The molecule has 1 amide bonds. The lowest BCUT2D eigenvalue weighted by Crippen LogP contribution is -2.17. The van der Waals surface area contributed by atoms with Crippen LogP contribution in [0.1, 0.15) is 43.7 Å². The molecule has 6 nitrogen and oxygen atoms in total. The Hall–Kier alpha value is -3.46. The molecule has 0 aliphatic heterocycles. The van der Waals surface area contributed by atoms with Gasteiger partial charge in [-0.2, -0.15) is 5.26 Å². The van der Waals surface area contributed by atoms with Gasteiger partial charge in [-0.3, -0.25) is 5.32 Å². The second kappa shape index (κ2) is 7.51. The molecule has 0 unspecified atom stereocenters. The number of nitrogens with one attached hydrogen (secondary N) is 2. The van der Waals surface area contributed by atoms with Gasteiger partial charge >= 0.3 is 6.09 Å². The van der Waals surface area contributed by atoms with Crippen LogP contribution in [0.25, 0.3) is 22.2 Å². The third kappa shape index (κ3) is 3.77. The minimum atomic E-state index is -0.489. The van der Waals surface area contributed by atoms with Crippen molar-refractivity contribution in [3.8, 4) is 23.1 Å². The maximum absolute atomic E-state index is 11.8. The number of aromatic nitrogens is 1. The summed E-state index contributed by atoms with van der Waals surface area (Å²) < 4.78 is 10.6. The molecule has 0 radical (unpaired) electrons. The summed E-state index contributed by atoms with van der Waals surface area (Å²) in [5, 5.41) is 13.6. The van der Waals surface area contributed by atoms with E-state index in [4.69, 9.17) is 9.47 Å². The average molecular weight is 389 g/mol. The summed E-state index contributed by atoms with van der Waals surface area (Å²) in [5.74, 6) is 1.28. The Morgan fingerprint density at radius 3 is 2.55 bits per heavy atom. The zero-order valence-electron chi connectivity index (χ0n) is 16.7. The molecule has 2 aromatic carbocycles. The van der Waals surface area contributed by atoms with Crippen LogP contribution in [-0.2, 0) is 4.74 Å². The van der Waals surface area contributed by atoms with Crippen LogP contribution in [0, 0.1) is 11.3 Å². The van der Waals surface area contributed by atoms with Gasteiger partial charge in [-0.1, -0.05) is 12.1 Å². The first kappa shape index (κ1) is 18.9. The molecule has 6 heteroatoms. The predicted molar refractivity (Wildman–Crippen MR) is 112 cm³/mol. The van der Waals surface area contributed by atoms with E-state index in [1.165, 1.54) is 5.56 Å². The van der Waals surface area contributed by atoms with E-state index in [2.05, 4.69) is 16.4 Å². The Labute approximate surface area is 169 Å². The van der Waals surface area contributed by atoms with Gasteiger partial charge in [-0.15, -0.1) is 0 Å². The molecule has 4 rings (SSSR count). The van der Waals surface area contributed by atoms with Gasteiger partial charge in [0.25, 0.3) is 0 Å². The number of nitriles is 1. The highest BCUT2D eigenvalue weighted by atomic mass is 16.6. The number of rotatable bonds is 5. The van der Waals surface area contributed by atoms with Gasteiger partial charge in [-0.25, -0.2) is 4.79 Å². The number of carbonyl (C=O) groups excluding carboxylic acids is 1. The molecule has 1 saturated carbocycles. The van der Waals surface area contributed by atoms with E-state index >= 15 is 0 Å². The van der Waals surface area contributed by atoms with Crippen LogP contribution in [0.4, 0.5) is 10.5 Å². The molecule has 148 valence electrons. The first-order valence-corrected chi connectivity index (χ1v) is 9.72. The Morgan fingerprint density at radius 2 is 1.97 bits per heavy atom. The highest BCUT2D eigenvalue weighted by Gasteiger charge is 2.29. The number of ether oxygens (including phenoxy) is 2. The Balaban J connectivity index is 1.71. The highest BCUT2D eigenvalue weighted by Crippen LogP contribution is 2.46. The van der Waals surface area contributed by atoms with E-state index < -0.39 is 6.09 Å². The van der Waals surface area contributed by atoms with Crippen molar-refractivity contribution >= 4 is 22.7 Å². The monoisotopic (exact) mass is 389 g/mol. The van der Waals surface area contributed by atoms with Gasteiger partial charge in [0, 0.05) is 17.1 Å². The third-order valence-corrected chi connectivity index (χ3v) is 5.03. The summed E-state index contributed by atoms with van der Waals surface area (Å²) in [6, 6.07) is 13.7. The fraction of sp³-hybridized carbons (Fsp3) is 0.304. The van der Waals surface area contributed by atoms with Crippen LogP contribution in [0.2, 0.25) is 0 Å². The number of H-pyrrole nitrogens is 1. The van der Waals surface area contributed by atoms with Crippen LogP contribution in [0.15, 0.2) is 36.4 Å². The summed E-state index contributed by atoms with van der Waals surface area (Å²) in [5.41, 5.74) is 5.00. The minimum absolute atomic E-state index is 0.184. The minimum Gasteiger partial charge on any atom is -0.497 e.